The highest BCUT2D eigenvalue weighted by molar-refractivity contribution is 5.97. The van der Waals surface area contributed by atoms with E-state index in [0.29, 0.717) is 12.1 Å². The summed E-state index contributed by atoms with van der Waals surface area (Å²) in [4.78, 5) is 40.5. The number of nitrogens with zero attached hydrogens (tertiary/aromatic N) is 1. The third-order valence-corrected chi connectivity index (χ3v) is 14.7. The van der Waals surface area contributed by atoms with Gasteiger partial charge in [-0.3, -0.25) is 19.6 Å². The van der Waals surface area contributed by atoms with Gasteiger partial charge in [0, 0.05) is 29.4 Å². The van der Waals surface area contributed by atoms with Gasteiger partial charge in [-0.2, -0.15) is 0 Å². The predicted molar refractivity (Wildman–Crippen MR) is 178 cm³/mol. The Kier molecular flexibility index (Phi) is 7.68. The number of anilines is 2. The van der Waals surface area contributed by atoms with Crippen molar-refractivity contribution in [1.82, 2.24) is 0 Å². The number of ether oxygens (including phenoxy) is 1. The lowest BCUT2D eigenvalue weighted by molar-refractivity contribution is -0.210. The number of ketones is 1. The Labute approximate surface area is 274 Å². The first kappa shape index (κ1) is 33.2. The summed E-state index contributed by atoms with van der Waals surface area (Å²) in [5, 5.41) is 23.3. The van der Waals surface area contributed by atoms with Crippen molar-refractivity contribution in [2.75, 3.05) is 10.5 Å². The molecule has 0 bridgehead atoms. The van der Waals surface area contributed by atoms with E-state index in [-0.39, 0.29) is 79.5 Å². The molecular formula is C38H53N2O6-. The van der Waals surface area contributed by atoms with Gasteiger partial charge in [-0.15, -0.1) is 0 Å². The van der Waals surface area contributed by atoms with Gasteiger partial charge in [0.25, 0.3) is 0 Å². The third kappa shape index (κ3) is 4.71. The Morgan fingerprint density at radius 3 is 2.22 bits per heavy atom. The maximum atomic E-state index is 14.7. The first-order valence-electron chi connectivity index (χ1n) is 17.3. The van der Waals surface area contributed by atoms with Crippen molar-refractivity contribution in [2.45, 2.75) is 119 Å². The van der Waals surface area contributed by atoms with Crippen molar-refractivity contribution in [3.63, 3.8) is 0 Å². The fourth-order valence-electron chi connectivity index (χ4n) is 11.7. The number of allylic oxidation sites excluding steroid dienone is 2. The summed E-state index contributed by atoms with van der Waals surface area (Å²) in [5.74, 6) is 0.275. The Morgan fingerprint density at radius 2 is 1.59 bits per heavy atom. The fourth-order valence-corrected chi connectivity index (χ4v) is 11.7. The molecule has 1 aromatic carbocycles. The zero-order valence-electron chi connectivity index (χ0n) is 29.0. The fraction of sp³-hybridized carbons (Fsp3) is 0.711. The Balaban J connectivity index is 1.32. The molecule has 5 aliphatic rings. The number of rotatable bonds is 4. The molecule has 252 valence electrons. The molecule has 1 aromatic rings. The molecule has 0 spiro atoms. The third-order valence-electron chi connectivity index (χ3n) is 14.7. The van der Waals surface area contributed by atoms with Crippen molar-refractivity contribution >= 4 is 29.0 Å². The van der Waals surface area contributed by atoms with Crippen molar-refractivity contribution in [3.05, 3.63) is 41.1 Å². The highest BCUT2D eigenvalue weighted by Gasteiger charge is 2.70. The summed E-state index contributed by atoms with van der Waals surface area (Å²) in [6, 6.07) is 6.21. The summed E-state index contributed by atoms with van der Waals surface area (Å²) in [7, 11) is 0. The van der Waals surface area contributed by atoms with Gasteiger partial charge in [0.2, 0.25) is 5.91 Å². The largest absolute Gasteiger partial charge is 0.733 e. The van der Waals surface area contributed by atoms with Crippen LogP contribution in [0.4, 0.5) is 11.4 Å². The molecule has 9 unspecified atom stereocenters. The van der Waals surface area contributed by atoms with Crippen molar-refractivity contribution in [3.8, 4) is 0 Å². The van der Waals surface area contributed by atoms with Crippen molar-refractivity contribution < 1.29 is 24.3 Å². The second-order valence-corrected chi connectivity index (χ2v) is 17.5. The molecule has 0 saturated heterocycles. The Bertz CT molecular complexity index is 1470. The van der Waals surface area contributed by atoms with E-state index >= 15 is 0 Å². The van der Waals surface area contributed by atoms with Crippen LogP contribution in [-0.4, -0.2) is 29.0 Å². The maximum Gasteiger partial charge on any atom is 0.302 e. The number of benzene rings is 1. The van der Waals surface area contributed by atoms with Crippen molar-refractivity contribution in [1.29, 1.82) is 0 Å². The molecule has 2 N–H and O–H groups in total. The minimum atomic E-state index is -0.618. The molecule has 46 heavy (non-hydrogen) atoms. The van der Waals surface area contributed by atoms with E-state index in [2.05, 4.69) is 53.8 Å². The van der Waals surface area contributed by atoms with E-state index < -0.39 is 5.41 Å². The zero-order valence-corrected chi connectivity index (χ0v) is 29.0. The van der Waals surface area contributed by atoms with Gasteiger partial charge in [0.15, 0.2) is 5.78 Å². The lowest BCUT2D eigenvalue weighted by atomic mass is 9.33. The second-order valence-electron chi connectivity index (χ2n) is 17.5. The lowest BCUT2D eigenvalue weighted by Gasteiger charge is -2.70. The summed E-state index contributed by atoms with van der Waals surface area (Å²) >= 11 is 0. The molecule has 6 rings (SSSR count). The van der Waals surface area contributed by atoms with Crippen LogP contribution < -0.4 is 10.5 Å². The Morgan fingerprint density at radius 1 is 0.935 bits per heavy atom. The van der Waals surface area contributed by atoms with E-state index in [0.717, 1.165) is 51.4 Å². The Hall–Kier alpha value is -2.71. The first-order valence-corrected chi connectivity index (χ1v) is 17.3. The average Bonchev–Trinajstić information content (AvgIpc) is 2.96. The van der Waals surface area contributed by atoms with Crippen molar-refractivity contribution in [2.24, 2.45) is 50.2 Å². The molecule has 0 radical (unpaired) electrons. The minimum Gasteiger partial charge on any atom is -0.733 e. The van der Waals surface area contributed by atoms with Crippen LogP contribution in [0.1, 0.15) is 113 Å². The average molecular weight is 634 g/mol. The lowest BCUT2D eigenvalue weighted by Crippen LogP contribution is -2.66. The predicted octanol–water partition coefficient (Wildman–Crippen LogP) is 8.23. The number of carbonyl (C=O) groups is 3. The number of fused-ring (bicyclic) bond motifs is 7. The molecule has 0 aromatic heterocycles. The molecule has 4 fully saturated rings. The van der Waals surface area contributed by atoms with Gasteiger partial charge in [-0.1, -0.05) is 54.0 Å². The summed E-state index contributed by atoms with van der Waals surface area (Å²) in [5.41, 5.74) is 0.591. The number of esters is 1. The van der Waals surface area contributed by atoms with E-state index in [9.17, 15) is 24.8 Å². The number of carbonyl (C=O) groups excluding carboxylic acids is 3. The summed E-state index contributed by atoms with van der Waals surface area (Å²) in [6.07, 6.45) is 10.0. The normalized spacial score (nSPS) is 42.7. The highest BCUT2D eigenvalue weighted by atomic mass is 16.8. The highest BCUT2D eigenvalue weighted by Crippen LogP contribution is 2.75. The minimum absolute atomic E-state index is 0.0279. The quantitative estimate of drug-likeness (QED) is 0.253. The molecule has 8 nitrogen and oxygen atoms in total. The molecule has 8 heteroatoms. The second kappa shape index (κ2) is 10.6. The smallest absolute Gasteiger partial charge is 0.302 e. The molecule has 5 aliphatic carbocycles. The van der Waals surface area contributed by atoms with E-state index in [1.807, 2.05) is 6.08 Å². The van der Waals surface area contributed by atoms with Crippen LogP contribution in [0.15, 0.2) is 35.9 Å². The van der Waals surface area contributed by atoms with Crippen LogP contribution >= 0.6 is 0 Å². The van der Waals surface area contributed by atoms with Crippen LogP contribution in [0.2, 0.25) is 0 Å². The topological polar surface area (TPSA) is 119 Å². The van der Waals surface area contributed by atoms with Crippen LogP contribution in [0.3, 0.4) is 0 Å². The SMILES string of the molecule is CC(=O)OC1CCC2(C)C(CCC3(C)C2C(=O)C=C2C4CC(C)(C(=O)Nc5ccc(N([O-])O)cc5)CCC4(C)CCC23C)C1(C)C. The van der Waals surface area contributed by atoms with Gasteiger partial charge in [-0.05, 0) is 122 Å². The van der Waals surface area contributed by atoms with Gasteiger partial charge in [0.1, 0.15) is 6.10 Å². The maximum absolute atomic E-state index is 14.7. The van der Waals surface area contributed by atoms with Crippen LogP contribution in [0.25, 0.3) is 0 Å². The molecule has 9 atom stereocenters. The molecule has 4 saturated carbocycles. The number of hydrogen-bond acceptors (Lipinski definition) is 7. The van der Waals surface area contributed by atoms with Gasteiger partial charge >= 0.3 is 5.97 Å². The van der Waals surface area contributed by atoms with Crippen LogP contribution in [0.5, 0.6) is 0 Å². The van der Waals surface area contributed by atoms with E-state index in [4.69, 9.17) is 4.74 Å². The monoisotopic (exact) mass is 633 g/mol. The van der Waals surface area contributed by atoms with Crippen LogP contribution in [-0.2, 0) is 19.1 Å². The van der Waals surface area contributed by atoms with Gasteiger partial charge in [0.05, 0.1) is 5.69 Å². The molecule has 0 aliphatic heterocycles. The zero-order chi connectivity index (χ0) is 33.7. The number of nitrogens with one attached hydrogen (secondary N) is 1. The van der Waals surface area contributed by atoms with Gasteiger partial charge < -0.3 is 20.5 Å². The summed E-state index contributed by atoms with van der Waals surface area (Å²) < 4.78 is 5.86. The first-order chi connectivity index (χ1) is 21.3. The van der Waals surface area contributed by atoms with Crippen LogP contribution in [0, 0.1) is 55.5 Å². The number of hydrogen-bond donors (Lipinski definition) is 2. The molecular weight excluding hydrogens is 580 g/mol. The van der Waals surface area contributed by atoms with E-state index in [1.165, 1.54) is 24.6 Å². The summed E-state index contributed by atoms with van der Waals surface area (Å²) in [6.45, 7) is 17.6. The molecule has 1 amide bonds. The van der Waals surface area contributed by atoms with Gasteiger partial charge in [-0.25, -0.2) is 0 Å². The number of amides is 1. The standard InChI is InChI=1S/C38H53N2O6/c1-23(41)46-30-14-15-36(6)29(33(30,2)3)13-16-38(8)31(36)28(42)21-26-27-22-35(5,18-17-34(27,4)19-20-37(26,38)7)32(43)39-24-9-11-25(12-10-24)40(44)45/h9-12,21,27,29-31,44H,13-20,22H2,1-8H3,(H,39,43)/q-1. The molecule has 0 heterocycles. The van der Waals surface area contributed by atoms with E-state index in [1.54, 1.807) is 12.1 Å².